The van der Waals surface area contributed by atoms with Gasteiger partial charge >= 0.3 is 0 Å². The van der Waals surface area contributed by atoms with E-state index in [1.165, 1.54) is 6.42 Å². The lowest BCUT2D eigenvalue weighted by Gasteiger charge is -2.33. The van der Waals surface area contributed by atoms with Crippen molar-refractivity contribution in [3.8, 4) is 0 Å². The first-order valence-electron chi connectivity index (χ1n) is 10.1. The normalized spacial score (nSPS) is 21.8. The van der Waals surface area contributed by atoms with E-state index in [0.717, 1.165) is 44.5 Å². The Hall–Kier alpha value is -2.96. The van der Waals surface area contributed by atoms with Crippen LogP contribution in [-0.2, 0) is 4.79 Å². The second-order valence-electron chi connectivity index (χ2n) is 7.68. The zero-order chi connectivity index (χ0) is 19.1. The van der Waals surface area contributed by atoms with Crippen molar-refractivity contribution in [1.82, 2.24) is 15.0 Å². The van der Waals surface area contributed by atoms with Gasteiger partial charge in [0.15, 0.2) is 5.78 Å². The molecule has 0 radical (unpaired) electrons. The number of ketones is 1. The number of hydrogen-bond donors (Lipinski definition) is 2. The predicted octanol–water partition coefficient (Wildman–Crippen LogP) is 2.72. The second kappa shape index (κ2) is 6.89. The largest absolute Gasteiger partial charge is 0.343 e. The molecule has 3 aliphatic rings. The van der Waals surface area contributed by atoms with E-state index in [-0.39, 0.29) is 11.3 Å². The number of allylic oxidation sites excluding steroid dienone is 2. The molecule has 0 spiro atoms. The third-order valence-corrected chi connectivity index (χ3v) is 5.88. The van der Waals surface area contributed by atoms with E-state index in [0.29, 0.717) is 35.0 Å². The lowest BCUT2D eigenvalue weighted by atomic mass is 9.78. The Kier molecular flexibility index (Phi) is 4.22. The first kappa shape index (κ1) is 17.2. The number of rotatable bonds is 2. The SMILES string of the molecule is O=C1CCCC2=C1[C@H](c1ccccn1)c1c(nc(N3CCCCC3)[nH]c1=O)N2. The molecule has 1 fully saturated rings. The maximum atomic E-state index is 13.2. The number of anilines is 2. The van der Waals surface area contributed by atoms with Crippen LogP contribution in [0.1, 0.15) is 55.7 Å². The molecule has 2 aromatic heterocycles. The number of piperidine rings is 1. The molecule has 0 saturated carbocycles. The van der Waals surface area contributed by atoms with Gasteiger partial charge in [-0.25, -0.2) is 0 Å². The quantitative estimate of drug-likeness (QED) is 0.836. The number of Topliss-reactive ketones (excluding diaryl/α,β-unsaturated/α-hetero) is 1. The van der Waals surface area contributed by atoms with Crippen LogP contribution in [0.3, 0.4) is 0 Å². The molecule has 0 unspecified atom stereocenters. The molecule has 144 valence electrons. The molecular weight excluding hydrogens is 354 g/mol. The van der Waals surface area contributed by atoms with Crippen molar-refractivity contribution in [3.63, 3.8) is 0 Å². The molecule has 28 heavy (non-hydrogen) atoms. The first-order chi connectivity index (χ1) is 13.7. The number of carbonyl (C=O) groups is 1. The minimum Gasteiger partial charge on any atom is -0.343 e. The summed E-state index contributed by atoms with van der Waals surface area (Å²) >= 11 is 0. The molecule has 0 aromatic carbocycles. The lowest BCUT2D eigenvalue weighted by molar-refractivity contribution is -0.116. The van der Waals surface area contributed by atoms with Crippen LogP contribution in [0.15, 0.2) is 40.5 Å². The van der Waals surface area contributed by atoms with Crippen LogP contribution < -0.4 is 15.8 Å². The fourth-order valence-electron chi connectivity index (χ4n) is 4.55. The zero-order valence-electron chi connectivity index (χ0n) is 15.7. The highest BCUT2D eigenvalue weighted by molar-refractivity contribution is 6.00. The summed E-state index contributed by atoms with van der Waals surface area (Å²) in [5.74, 6) is 0.803. The number of aromatic nitrogens is 3. The Balaban J connectivity index is 1.67. The van der Waals surface area contributed by atoms with Crippen LogP contribution in [0, 0.1) is 0 Å². The topological polar surface area (TPSA) is 91.0 Å². The molecule has 2 aromatic rings. The Labute approximate surface area is 162 Å². The minimum absolute atomic E-state index is 0.0922. The molecule has 1 atom stereocenters. The molecule has 4 heterocycles. The van der Waals surface area contributed by atoms with E-state index in [1.54, 1.807) is 6.20 Å². The molecule has 2 N–H and O–H groups in total. The number of carbonyl (C=O) groups excluding carboxylic acids is 1. The van der Waals surface area contributed by atoms with Gasteiger partial charge in [-0.3, -0.25) is 19.6 Å². The van der Waals surface area contributed by atoms with E-state index in [9.17, 15) is 9.59 Å². The van der Waals surface area contributed by atoms with Gasteiger partial charge in [0.05, 0.1) is 17.2 Å². The minimum atomic E-state index is -0.466. The third-order valence-electron chi connectivity index (χ3n) is 5.88. The Morgan fingerprint density at radius 2 is 1.89 bits per heavy atom. The maximum Gasteiger partial charge on any atom is 0.258 e. The summed E-state index contributed by atoms with van der Waals surface area (Å²) < 4.78 is 0. The zero-order valence-corrected chi connectivity index (χ0v) is 15.7. The number of nitrogens with zero attached hydrogens (tertiary/aromatic N) is 3. The number of hydrogen-bond acceptors (Lipinski definition) is 6. The Bertz CT molecular complexity index is 1010. The van der Waals surface area contributed by atoms with Crippen LogP contribution >= 0.6 is 0 Å². The summed E-state index contributed by atoms with van der Waals surface area (Å²) in [4.78, 5) is 40.3. The molecule has 5 rings (SSSR count). The fourth-order valence-corrected chi connectivity index (χ4v) is 4.55. The van der Waals surface area contributed by atoms with E-state index < -0.39 is 5.92 Å². The van der Waals surface area contributed by atoms with Crippen LogP contribution in [0.5, 0.6) is 0 Å². The van der Waals surface area contributed by atoms with Crippen molar-refractivity contribution in [2.24, 2.45) is 0 Å². The summed E-state index contributed by atoms with van der Waals surface area (Å²) in [5.41, 5.74) is 2.58. The van der Waals surface area contributed by atoms with Crippen molar-refractivity contribution in [2.45, 2.75) is 44.4 Å². The molecule has 7 heteroatoms. The van der Waals surface area contributed by atoms with Gasteiger partial charge in [0, 0.05) is 37.0 Å². The smallest absolute Gasteiger partial charge is 0.258 e. The summed E-state index contributed by atoms with van der Waals surface area (Å²) in [7, 11) is 0. The number of aromatic amines is 1. The van der Waals surface area contributed by atoms with Crippen molar-refractivity contribution in [1.29, 1.82) is 0 Å². The molecule has 0 bridgehead atoms. The van der Waals surface area contributed by atoms with Crippen molar-refractivity contribution in [2.75, 3.05) is 23.3 Å². The van der Waals surface area contributed by atoms with Gasteiger partial charge in [0.1, 0.15) is 5.82 Å². The highest BCUT2D eigenvalue weighted by atomic mass is 16.1. The third kappa shape index (κ3) is 2.82. The number of H-pyrrole nitrogens is 1. The fraction of sp³-hybridized carbons (Fsp3) is 0.429. The van der Waals surface area contributed by atoms with Gasteiger partial charge in [0.25, 0.3) is 5.56 Å². The van der Waals surface area contributed by atoms with Gasteiger partial charge in [-0.1, -0.05) is 6.07 Å². The van der Waals surface area contributed by atoms with E-state index >= 15 is 0 Å². The summed E-state index contributed by atoms with van der Waals surface area (Å²) in [5, 5.41) is 3.32. The van der Waals surface area contributed by atoms with Gasteiger partial charge in [-0.15, -0.1) is 0 Å². The van der Waals surface area contributed by atoms with Crippen molar-refractivity contribution < 1.29 is 4.79 Å². The van der Waals surface area contributed by atoms with E-state index in [1.807, 2.05) is 18.2 Å². The van der Waals surface area contributed by atoms with Crippen LogP contribution in [0.4, 0.5) is 11.8 Å². The van der Waals surface area contributed by atoms with Crippen LogP contribution in [0.25, 0.3) is 0 Å². The summed E-state index contributed by atoms with van der Waals surface area (Å²) in [6, 6.07) is 5.61. The average Bonchev–Trinajstić information content (AvgIpc) is 2.73. The summed E-state index contributed by atoms with van der Waals surface area (Å²) in [6.45, 7) is 1.80. The number of pyridine rings is 1. The maximum absolute atomic E-state index is 13.2. The van der Waals surface area contributed by atoms with E-state index in [2.05, 4.69) is 20.2 Å². The van der Waals surface area contributed by atoms with Crippen molar-refractivity contribution in [3.05, 3.63) is 57.3 Å². The first-order valence-corrected chi connectivity index (χ1v) is 10.1. The molecule has 1 aliphatic carbocycles. The number of fused-ring (bicyclic) bond motifs is 1. The van der Waals surface area contributed by atoms with Crippen molar-refractivity contribution >= 4 is 17.5 Å². The van der Waals surface area contributed by atoms with Crippen LogP contribution in [0.2, 0.25) is 0 Å². The Morgan fingerprint density at radius 3 is 2.68 bits per heavy atom. The number of nitrogens with one attached hydrogen (secondary N) is 2. The lowest BCUT2D eigenvalue weighted by Crippen LogP contribution is -2.36. The second-order valence-corrected chi connectivity index (χ2v) is 7.68. The van der Waals surface area contributed by atoms with Gasteiger partial charge in [-0.05, 0) is 44.2 Å². The van der Waals surface area contributed by atoms with Crippen LogP contribution in [-0.4, -0.2) is 33.8 Å². The highest BCUT2D eigenvalue weighted by Crippen LogP contribution is 2.42. The molecule has 0 amide bonds. The molecule has 7 nitrogen and oxygen atoms in total. The summed E-state index contributed by atoms with van der Waals surface area (Å²) in [6.07, 6.45) is 7.24. The van der Waals surface area contributed by atoms with E-state index in [4.69, 9.17) is 4.98 Å². The molecule has 1 saturated heterocycles. The predicted molar refractivity (Wildman–Crippen MR) is 107 cm³/mol. The molecule has 2 aliphatic heterocycles. The Morgan fingerprint density at radius 1 is 1.04 bits per heavy atom. The van der Waals surface area contributed by atoms with Gasteiger partial charge in [0.2, 0.25) is 5.95 Å². The standard InChI is InChI=1S/C21H23N5O2/c27-15-9-6-8-14-16(15)17(13-7-2-3-10-22-13)18-19(23-14)24-21(25-20(18)28)26-11-4-1-5-12-26/h2-3,7,10,17H,1,4-6,8-9,11-12H2,(H2,23,24,25,28)/t17-/m0/s1. The molecular formula is C21H23N5O2. The van der Waals surface area contributed by atoms with Gasteiger partial charge < -0.3 is 10.2 Å². The highest BCUT2D eigenvalue weighted by Gasteiger charge is 2.38. The average molecular weight is 377 g/mol. The monoisotopic (exact) mass is 377 g/mol. The van der Waals surface area contributed by atoms with Gasteiger partial charge in [-0.2, -0.15) is 4.98 Å².